The van der Waals surface area contributed by atoms with E-state index in [0.717, 1.165) is 27.8 Å². The van der Waals surface area contributed by atoms with E-state index in [0.29, 0.717) is 24.7 Å². The molecule has 0 aliphatic heterocycles. The zero-order chi connectivity index (χ0) is 32.5. The first-order valence-electron chi connectivity index (χ1n) is 15.2. The molecule has 5 rings (SSSR count). The van der Waals surface area contributed by atoms with Crippen molar-refractivity contribution >= 4 is 11.5 Å². The normalized spacial score (nSPS) is 11.4. The Labute approximate surface area is 271 Å². The fraction of sp³-hybridized carbons (Fsp3) is 0.200. The predicted octanol–water partition coefficient (Wildman–Crippen LogP) is 8.18. The molecule has 0 unspecified atom stereocenters. The third-order valence-corrected chi connectivity index (χ3v) is 7.51. The fourth-order valence-corrected chi connectivity index (χ4v) is 5.20. The minimum Gasteiger partial charge on any atom is -0.489 e. The van der Waals surface area contributed by atoms with Crippen LogP contribution in [-0.4, -0.2) is 34.1 Å². The Morgan fingerprint density at radius 3 is 2.28 bits per heavy atom. The molecule has 0 radical (unpaired) electrons. The lowest BCUT2D eigenvalue weighted by molar-refractivity contribution is -0.139. The lowest BCUT2D eigenvalue weighted by Crippen LogP contribution is -2.12. The summed E-state index contributed by atoms with van der Waals surface area (Å²) in [6.45, 7) is 9.07. The van der Waals surface area contributed by atoms with Crippen molar-refractivity contribution in [3.05, 3.63) is 143 Å². The second-order valence-electron chi connectivity index (χ2n) is 12.0. The van der Waals surface area contributed by atoms with Gasteiger partial charge in [-0.05, 0) is 93.8 Å². The Balaban J connectivity index is 1.40. The van der Waals surface area contributed by atoms with Gasteiger partial charge in [-0.1, -0.05) is 93.3 Å². The largest absolute Gasteiger partial charge is 0.489 e. The standard InChI is InChI=1S/C40H38N2O4/c1-29-27-34(20-21-38(29)46-28-39(43)44)45-26-22-35(31-14-12-30(13-15-31)9-7-24-42-25-8-23-41-42)32-16-18-33(19-17-32)36-10-5-6-11-37(36)40(2,3)4/h5-6,8,10-23,25,27H,24,26,28H2,1-4H3,(H,43,44)/b35-22-. The highest BCUT2D eigenvalue weighted by atomic mass is 16.5. The lowest BCUT2D eigenvalue weighted by atomic mass is 9.81. The van der Waals surface area contributed by atoms with Crippen molar-refractivity contribution in [2.75, 3.05) is 13.2 Å². The third kappa shape index (κ3) is 8.34. The van der Waals surface area contributed by atoms with E-state index >= 15 is 0 Å². The fourth-order valence-electron chi connectivity index (χ4n) is 5.20. The summed E-state index contributed by atoms with van der Waals surface area (Å²) in [5, 5.41) is 13.1. The number of rotatable bonds is 10. The molecule has 4 aromatic carbocycles. The molecular weight excluding hydrogens is 572 g/mol. The van der Waals surface area contributed by atoms with Crippen molar-refractivity contribution in [1.29, 1.82) is 0 Å². The van der Waals surface area contributed by atoms with Crippen LogP contribution in [0.15, 0.2) is 116 Å². The maximum Gasteiger partial charge on any atom is 0.341 e. The summed E-state index contributed by atoms with van der Waals surface area (Å²) in [5.74, 6) is 6.58. The summed E-state index contributed by atoms with van der Waals surface area (Å²) in [7, 11) is 0. The number of carboxylic acids is 1. The minimum atomic E-state index is -1.02. The molecule has 0 aliphatic carbocycles. The number of benzene rings is 4. The van der Waals surface area contributed by atoms with Crippen LogP contribution in [0.25, 0.3) is 16.7 Å². The van der Waals surface area contributed by atoms with Gasteiger partial charge in [0.2, 0.25) is 0 Å². The van der Waals surface area contributed by atoms with E-state index < -0.39 is 5.97 Å². The van der Waals surface area contributed by atoms with Crippen molar-refractivity contribution in [2.24, 2.45) is 0 Å². The van der Waals surface area contributed by atoms with Crippen LogP contribution in [0.3, 0.4) is 0 Å². The van der Waals surface area contributed by atoms with Gasteiger partial charge in [0.1, 0.15) is 24.7 Å². The van der Waals surface area contributed by atoms with Crippen LogP contribution in [0.5, 0.6) is 11.5 Å². The lowest BCUT2D eigenvalue weighted by Gasteiger charge is -2.23. The first-order valence-corrected chi connectivity index (χ1v) is 15.2. The molecule has 6 nitrogen and oxygen atoms in total. The van der Waals surface area contributed by atoms with Crippen LogP contribution >= 0.6 is 0 Å². The topological polar surface area (TPSA) is 73.6 Å². The molecular formula is C40H38N2O4. The van der Waals surface area contributed by atoms with Crippen LogP contribution < -0.4 is 9.47 Å². The Kier molecular flexibility index (Phi) is 10.0. The Hall–Kier alpha value is -5.54. The molecule has 0 saturated carbocycles. The molecule has 232 valence electrons. The van der Waals surface area contributed by atoms with E-state index in [1.54, 1.807) is 23.0 Å². The monoisotopic (exact) mass is 610 g/mol. The van der Waals surface area contributed by atoms with Crippen LogP contribution in [0.1, 0.15) is 48.6 Å². The first-order chi connectivity index (χ1) is 22.2. The number of hydrogen-bond donors (Lipinski definition) is 1. The predicted molar refractivity (Wildman–Crippen MR) is 183 cm³/mol. The van der Waals surface area contributed by atoms with Gasteiger partial charge in [0, 0.05) is 18.0 Å². The van der Waals surface area contributed by atoms with Gasteiger partial charge >= 0.3 is 5.97 Å². The van der Waals surface area contributed by atoms with E-state index in [1.165, 1.54) is 16.7 Å². The zero-order valence-corrected chi connectivity index (χ0v) is 26.7. The van der Waals surface area contributed by atoms with Crippen molar-refractivity contribution in [2.45, 2.75) is 39.7 Å². The highest BCUT2D eigenvalue weighted by molar-refractivity contribution is 5.81. The van der Waals surface area contributed by atoms with Crippen molar-refractivity contribution in [1.82, 2.24) is 9.78 Å². The van der Waals surface area contributed by atoms with Crippen molar-refractivity contribution in [3.63, 3.8) is 0 Å². The molecule has 5 aromatic rings. The quantitative estimate of drug-likeness (QED) is 0.162. The molecule has 0 fully saturated rings. The third-order valence-electron chi connectivity index (χ3n) is 7.51. The average molecular weight is 611 g/mol. The SMILES string of the molecule is Cc1cc(OC/C=C(/c2ccc(C#CCn3cccn3)cc2)c2ccc(-c3ccccc3C(C)(C)C)cc2)ccc1OCC(=O)O. The molecule has 0 amide bonds. The van der Waals surface area contributed by atoms with E-state index in [4.69, 9.17) is 14.6 Å². The number of carbonyl (C=O) groups is 1. The van der Waals surface area contributed by atoms with Crippen molar-refractivity contribution in [3.8, 4) is 34.5 Å². The van der Waals surface area contributed by atoms with Gasteiger partial charge in [-0.25, -0.2) is 4.79 Å². The molecule has 1 heterocycles. The summed E-state index contributed by atoms with van der Waals surface area (Å²) in [6, 6.07) is 32.8. The van der Waals surface area contributed by atoms with Crippen LogP contribution in [-0.2, 0) is 16.8 Å². The number of nitrogens with zero attached hydrogens (tertiary/aromatic N) is 2. The van der Waals surface area contributed by atoms with E-state index in [-0.39, 0.29) is 12.0 Å². The number of carboxylic acid groups (broad SMARTS) is 1. The molecule has 0 saturated heterocycles. The summed E-state index contributed by atoms with van der Waals surface area (Å²) >= 11 is 0. The summed E-state index contributed by atoms with van der Waals surface area (Å²) in [4.78, 5) is 10.9. The Morgan fingerprint density at radius 1 is 0.913 bits per heavy atom. The molecule has 0 atom stereocenters. The molecule has 0 spiro atoms. The minimum absolute atomic E-state index is 0.0274. The van der Waals surface area contributed by atoms with E-state index in [2.05, 4.69) is 104 Å². The summed E-state index contributed by atoms with van der Waals surface area (Å²) in [5.41, 5.74) is 8.66. The van der Waals surface area contributed by atoms with E-state index in [9.17, 15) is 4.79 Å². The van der Waals surface area contributed by atoms with Gasteiger partial charge < -0.3 is 14.6 Å². The second-order valence-corrected chi connectivity index (χ2v) is 12.0. The maximum atomic E-state index is 10.9. The molecule has 0 bridgehead atoms. The van der Waals surface area contributed by atoms with Crippen LogP contribution in [0, 0.1) is 18.8 Å². The summed E-state index contributed by atoms with van der Waals surface area (Å²) in [6.07, 6.45) is 5.73. The molecule has 0 aliphatic rings. The van der Waals surface area contributed by atoms with Crippen LogP contribution in [0.4, 0.5) is 0 Å². The number of aromatic nitrogens is 2. The van der Waals surface area contributed by atoms with E-state index in [1.807, 2.05) is 37.4 Å². The molecule has 1 aromatic heterocycles. The molecule has 46 heavy (non-hydrogen) atoms. The maximum absolute atomic E-state index is 10.9. The number of aliphatic carboxylic acids is 1. The van der Waals surface area contributed by atoms with Gasteiger partial charge in [0.05, 0.1) is 0 Å². The van der Waals surface area contributed by atoms with Gasteiger partial charge in [-0.2, -0.15) is 5.10 Å². The highest BCUT2D eigenvalue weighted by Gasteiger charge is 2.18. The first kappa shape index (κ1) is 31.9. The highest BCUT2D eigenvalue weighted by Crippen LogP contribution is 2.34. The van der Waals surface area contributed by atoms with Gasteiger partial charge in [-0.15, -0.1) is 0 Å². The van der Waals surface area contributed by atoms with Crippen LogP contribution in [0.2, 0.25) is 0 Å². The van der Waals surface area contributed by atoms with Gasteiger partial charge in [0.25, 0.3) is 0 Å². The number of aryl methyl sites for hydroxylation is 1. The second kappa shape index (κ2) is 14.5. The molecule has 1 N–H and O–H groups in total. The molecule has 6 heteroatoms. The van der Waals surface area contributed by atoms with Gasteiger partial charge in [-0.3, -0.25) is 4.68 Å². The van der Waals surface area contributed by atoms with Gasteiger partial charge in [0.15, 0.2) is 6.61 Å². The smallest absolute Gasteiger partial charge is 0.341 e. The Bertz CT molecular complexity index is 1870. The summed E-state index contributed by atoms with van der Waals surface area (Å²) < 4.78 is 13.3. The van der Waals surface area contributed by atoms with Crippen molar-refractivity contribution < 1.29 is 19.4 Å². The zero-order valence-electron chi connectivity index (χ0n) is 26.7. The average Bonchev–Trinajstić information content (AvgIpc) is 3.57. The number of ether oxygens (including phenoxy) is 2. The number of hydrogen-bond acceptors (Lipinski definition) is 4. The Morgan fingerprint density at radius 2 is 1.63 bits per heavy atom.